The molecule has 0 atom stereocenters. The van der Waals surface area contributed by atoms with E-state index >= 15 is 0 Å². The van der Waals surface area contributed by atoms with Crippen LogP contribution >= 0.6 is 7.82 Å². The molecule has 0 heterocycles. The van der Waals surface area contributed by atoms with Crippen LogP contribution < -0.4 is 6.15 Å². The minimum atomic E-state index is -4.64. The Balaban J connectivity index is -0.0000000267. The Kier molecular flexibility index (Phi) is 23.4. The van der Waals surface area contributed by atoms with E-state index in [4.69, 9.17) is 19.2 Å². The Morgan fingerprint density at radius 1 is 1.12 bits per heavy atom. The topological polar surface area (TPSA) is 113 Å². The number of hydrogen-bond acceptors (Lipinski definition) is 2. The van der Waals surface area contributed by atoms with Crippen LogP contribution in [0.25, 0.3) is 0 Å². The standard InChI is InChI=1S/Fe.Li.H3N.H3O4P.H/c;;;1-5(2,3)4;/h;;1H3;(H3,1,2,3,4);. The zero-order valence-electron chi connectivity index (χ0n) is 3.26. The summed E-state index contributed by atoms with van der Waals surface area (Å²) in [6.45, 7) is 0. The minimum absolute atomic E-state index is 0. The van der Waals surface area contributed by atoms with E-state index < -0.39 is 7.82 Å². The van der Waals surface area contributed by atoms with Gasteiger partial charge >= 0.3 is 26.7 Å². The van der Waals surface area contributed by atoms with E-state index in [2.05, 4.69) is 0 Å². The average Bonchev–Trinajstić information content (AvgIpc) is 0.722. The van der Waals surface area contributed by atoms with E-state index in [0.717, 1.165) is 0 Å². The molecule has 0 aromatic heterocycles. The molecule has 8 heavy (non-hydrogen) atoms. The molecule has 6 N–H and O–H groups in total. The summed E-state index contributed by atoms with van der Waals surface area (Å²) < 4.78 is 8.88. The normalized spacial score (nSPS) is 7.38. The molecular weight excluding hydrogens is 172 g/mol. The first-order chi connectivity index (χ1) is 2.00. The molecule has 0 aromatic rings. The van der Waals surface area contributed by atoms with Crippen LogP contribution in [0.4, 0.5) is 0 Å². The van der Waals surface area contributed by atoms with Crippen LogP contribution in [0.2, 0.25) is 0 Å². The zero-order chi connectivity index (χ0) is 4.50. The number of phosphoric acid groups is 1. The molecule has 0 radical (unpaired) electrons. The van der Waals surface area contributed by atoms with Crippen LogP contribution in [0.5, 0.6) is 0 Å². The molecule has 0 amide bonds. The number of rotatable bonds is 0. The predicted octanol–water partition coefficient (Wildman–Crippen LogP) is -1.42. The van der Waals surface area contributed by atoms with Gasteiger partial charge in [-0.05, 0) is 0 Å². The fourth-order valence-electron chi connectivity index (χ4n) is 0. The zero-order valence-corrected chi connectivity index (χ0v) is 5.26. The second-order valence-electron chi connectivity index (χ2n) is 0.513. The van der Waals surface area contributed by atoms with Crippen LogP contribution in [0, 0.1) is 0 Å². The van der Waals surface area contributed by atoms with Crippen LogP contribution in [0.3, 0.4) is 0 Å². The third kappa shape index (κ3) is 195. The van der Waals surface area contributed by atoms with Gasteiger partial charge in [0.2, 0.25) is 0 Å². The Morgan fingerprint density at radius 2 is 1.12 bits per heavy atom. The van der Waals surface area contributed by atoms with Crippen LogP contribution in [-0.4, -0.2) is 33.5 Å². The van der Waals surface area contributed by atoms with Crippen molar-refractivity contribution < 1.29 is 36.3 Å². The van der Waals surface area contributed by atoms with Crippen molar-refractivity contribution in [1.82, 2.24) is 6.15 Å². The number of hydrogen-bond donors (Lipinski definition) is 4. The molecule has 0 fully saturated rings. The summed E-state index contributed by atoms with van der Waals surface area (Å²) in [6.07, 6.45) is 0. The van der Waals surface area contributed by atoms with Gasteiger partial charge in [-0.2, -0.15) is 0 Å². The fraction of sp³-hybridized carbons (Fsp3) is 0. The van der Waals surface area contributed by atoms with Crippen molar-refractivity contribution in [1.29, 1.82) is 0 Å². The average molecular weight is 179 g/mol. The Bertz CT molecular complexity index is 62.2. The first kappa shape index (κ1) is 22.9. The summed E-state index contributed by atoms with van der Waals surface area (Å²) in [5, 5.41) is 0. The molecule has 0 aromatic carbocycles. The van der Waals surface area contributed by atoms with Crippen LogP contribution in [0.15, 0.2) is 0 Å². The predicted molar refractivity (Wildman–Crippen MR) is 26.4 cm³/mol. The van der Waals surface area contributed by atoms with Crippen LogP contribution in [-0.2, 0) is 21.6 Å². The summed E-state index contributed by atoms with van der Waals surface area (Å²) in [5.74, 6) is 0. The summed E-state index contributed by atoms with van der Waals surface area (Å²) in [7, 11) is -4.64. The van der Waals surface area contributed by atoms with E-state index in [1.54, 1.807) is 0 Å². The second kappa shape index (κ2) is 8.19. The molecule has 0 spiro atoms. The first-order valence-corrected chi connectivity index (χ1v) is 2.35. The van der Waals surface area contributed by atoms with Gasteiger partial charge in [-0.1, -0.05) is 0 Å². The first-order valence-electron chi connectivity index (χ1n) is 0.783. The van der Waals surface area contributed by atoms with Gasteiger partial charge in [-0.3, -0.25) is 0 Å². The van der Waals surface area contributed by atoms with Crippen molar-refractivity contribution in [2.75, 3.05) is 0 Å². The van der Waals surface area contributed by atoms with Crippen molar-refractivity contribution in [2.45, 2.75) is 0 Å². The molecule has 0 saturated heterocycles. The monoisotopic (exact) mass is 179 g/mol. The van der Waals surface area contributed by atoms with Crippen molar-refractivity contribution >= 4 is 26.7 Å². The van der Waals surface area contributed by atoms with Gasteiger partial charge in [0.05, 0.1) is 0 Å². The maximum atomic E-state index is 8.88. The van der Waals surface area contributed by atoms with Crippen molar-refractivity contribution in [3.63, 3.8) is 0 Å². The Labute approximate surface area is 69.3 Å². The molecule has 0 aliphatic heterocycles. The SMILES string of the molecule is N.O=P(O)(O)O.[Fe].[LiH]. The third-order valence-electron chi connectivity index (χ3n) is 0. The molecule has 50 valence electrons. The summed E-state index contributed by atoms with van der Waals surface area (Å²) in [6, 6.07) is 0. The van der Waals surface area contributed by atoms with Crippen LogP contribution in [0.1, 0.15) is 0 Å². The van der Waals surface area contributed by atoms with Gasteiger partial charge in [-0.15, -0.1) is 0 Å². The molecule has 0 aliphatic carbocycles. The second-order valence-corrected chi connectivity index (χ2v) is 1.54. The van der Waals surface area contributed by atoms with E-state index in [9.17, 15) is 0 Å². The molecular formula is H7FeLiNO4P. The molecule has 0 unspecified atom stereocenters. The van der Waals surface area contributed by atoms with E-state index in [-0.39, 0.29) is 42.1 Å². The van der Waals surface area contributed by atoms with Crippen molar-refractivity contribution in [3.8, 4) is 0 Å². The van der Waals surface area contributed by atoms with Gasteiger partial charge in [0.1, 0.15) is 0 Å². The Morgan fingerprint density at radius 3 is 1.12 bits per heavy atom. The quantitative estimate of drug-likeness (QED) is 0.269. The molecule has 0 aliphatic rings. The van der Waals surface area contributed by atoms with E-state index in [1.807, 2.05) is 0 Å². The van der Waals surface area contributed by atoms with Gasteiger partial charge in [-0.25, -0.2) is 4.57 Å². The van der Waals surface area contributed by atoms with Gasteiger partial charge in [0, 0.05) is 17.1 Å². The fourth-order valence-corrected chi connectivity index (χ4v) is 0. The summed E-state index contributed by atoms with van der Waals surface area (Å²) in [5.41, 5.74) is 0. The third-order valence-corrected chi connectivity index (χ3v) is 0. The molecule has 0 bridgehead atoms. The van der Waals surface area contributed by atoms with E-state index in [0.29, 0.717) is 0 Å². The molecule has 8 heteroatoms. The summed E-state index contributed by atoms with van der Waals surface area (Å²) in [4.78, 5) is 21.6. The van der Waals surface area contributed by atoms with Gasteiger partial charge in [0.15, 0.2) is 0 Å². The Hall–Kier alpha value is 1.19. The van der Waals surface area contributed by atoms with Crippen molar-refractivity contribution in [3.05, 3.63) is 0 Å². The maximum absolute atomic E-state index is 8.88. The molecule has 0 rings (SSSR count). The van der Waals surface area contributed by atoms with E-state index in [1.165, 1.54) is 0 Å². The van der Waals surface area contributed by atoms with Gasteiger partial charge < -0.3 is 20.8 Å². The summed E-state index contributed by atoms with van der Waals surface area (Å²) >= 11 is 0. The van der Waals surface area contributed by atoms with Gasteiger partial charge in [0.25, 0.3) is 0 Å². The van der Waals surface area contributed by atoms with Crippen molar-refractivity contribution in [2.24, 2.45) is 0 Å². The molecule has 0 saturated carbocycles. The molecule has 5 nitrogen and oxygen atoms in total.